The second-order valence-electron chi connectivity index (χ2n) is 10.4. The third-order valence-electron chi connectivity index (χ3n) is 7.59. The Balaban J connectivity index is 1.20. The quantitative estimate of drug-likeness (QED) is 0.194. The van der Waals surface area contributed by atoms with Crippen LogP contribution >= 0.6 is 11.3 Å². The van der Waals surface area contributed by atoms with E-state index in [-0.39, 0.29) is 5.78 Å². The summed E-state index contributed by atoms with van der Waals surface area (Å²) in [6.07, 6.45) is 12.7. The van der Waals surface area contributed by atoms with E-state index in [0.29, 0.717) is 16.4 Å². The van der Waals surface area contributed by atoms with Crippen LogP contribution in [-0.2, 0) is 6.54 Å². The van der Waals surface area contributed by atoms with Gasteiger partial charge in [-0.05, 0) is 68.1 Å². The number of aromatic amines is 2. The molecule has 1 fully saturated rings. The summed E-state index contributed by atoms with van der Waals surface area (Å²) in [6, 6.07) is 9.84. The minimum absolute atomic E-state index is 0.0413. The fourth-order valence-corrected chi connectivity index (χ4v) is 6.40. The molecule has 0 radical (unpaired) electrons. The van der Waals surface area contributed by atoms with Crippen molar-refractivity contribution in [3.05, 3.63) is 65.6 Å². The van der Waals surface area contributed by atoms with Gasteiger partial charge in [0.2, 0.25) is 0 Å². The van der Waals surface area contributed by atoms with Crippen LogP contribution < -0.4 is 5.32 Å². The third-order valence-corrected chi connectivity index (χ3v) is 8.78. The zero-order chi connectivity index (χ0) is 27.1. The molecule has 1 saturated carbocycles. The third kappa shape index (κ3) is 4.69. The lowest BCUT2D eigenvalue weighted by Crippen LogP contribution is -2.20. The van der Waals surface area contributed by atoms with E-state index >= 15 is 0 Å². The normalized spacial score (nSPS) is 14.0. The molecule has 7 rings (SSSR count). The molecule has 0 spiro atoms. The van der Waals surface area contributed by atoms with E-state index in [1.165, 1.54) is 37.0 Å². The van der Waals surface area contributed by atoms with E-state index in [4.69, 9.17) is 4.98 Å². The van der Waals surface area contributed by atoms with Crippen molar-refractivity contribution in [3.63, 3.8) is 0 Å². The van der Waals surface area contributed by atoms with E-state index in [9.17, 15) is 4.79 Å². The molecule has 0 bridgehead atoms. The molecule has 0 saturated heterocycles. The highest BCUT2D eigenvalue weighted by Gasteiger charge is 2.18. The van der Waals surface area contributed by atoms with Crippen LogP contribution in [0.25, 0.3) is 55.3 Å². The number of hydrogen-bond acceptors (Lipinski definition) is 8. The van der Waals surface area contributed by atoms with E-state index in [0.717, 1.165) is 68.3 Å². The van der Waals surface area contributed by atoms with Crippen LogP contribution in [0.1, 0.15) is 47.8 Å². The number of nitrogens with zero attached hydrogens (tertiary/aromatic N) is 5. The molecule has 0 amide bonds. The summed E-state index contributed by atoms with van der Waals surface area (Å²) in [4.78, 5) is 35.5. The first kappa shape index (κ1) is 24.7. The number of thiophene rings is 1. The van der Waals surface area contributed by atoms with E-state index in [1.54, 1.807) is 19.3 Å². The highest BCUT2D eigenvalue weighted by Crippen LogP contribution is 2.34. The number of fused-ring (bicyclic) bond motifs is 2. The number of Topliss-reactive ketones (excluding diaryl/α,β-unsaturated/α-hetero) is 1. The van der Waals surface area contributed by atoms with Crippen LogP contribution in [0.5, 0.6) is 0 Å². The maximum absolute atomic E-state index is 11.8. The summed E-state index contributed by atoms with van der Waals surface area (Å²) in [5.41, 5.74) is 6.79. The van der Waals surface area contributed by atoms with Crippen LogP contribution in [0.4, 0.5) is 0 Å². The lowest BCUT2D eigenvalue weighted by Gasteiger charge is -2.11. The van der Waals surface area contributed by atoms with Crippen LogP contribution in [0, 0.1) is 5.92 Å². The molecule has 0 atom stereocenters. The summed E-state index contributed by atoms with van der Waals surface area (Å²) in [5.74, 6) is 1.48. The molecule has 40 heavy (non-hydrogen) atoms. The van der Waals surface area contributed by atoms with Gasteiger partial charge in [-0.1, -0.05) is 12.8 Å². The Labute approximate surface area is 234 Å². The van der Waals surface area contributed by atoms with Gasteiger partial charge in [-0.15, -0.1) is 11.3 Å². The van der Waals surface area contributed by atoms with Gasteiger partial charge in [0.25, 0.3) is 0 Å². The Bertz CT molecular complexity index is 1850. The van der Waals surface area contributed by atoms with Gasteiger partial charge in [-0.2, -0.15) is 5.10 Å². The minimum atomic E-state index is 0.0413. The molecule has 6 aromatic heterocycles. The van der Waals surface area contributed by atoms with E-state index < -0.39 is 0 Å². The molecule has 200 valence electrons. The number of rotatable bonds is 8. The number of carbonyl (C=O) groups is 1. The fraction of sp³-hybridized carbons (Fsp3) is 0.267. The molecule has 1 aliphatic rings. The molecular weight excluding hydrogens is 520 g/mol. The van der Waals surface area contributed by atoms with Crippen molar-refractivity contribution >= 4 is 39.1 Å². The summed E-state index contributed by atoms with van der Waals surface area (Å²) in [6.45, 7) is 3.43. The van der Waals surface area contributed by atoms with E-state index in [2.05, 4.69) is 41.5 Å². The number of imidazole rings is 1. The number of hydrogen-bond donors (Lipinski definition) is 3. The lowest BCUT2D eigenvalue weighted by atomic mass is 10.1. The average molecular weight is 549 g/mol. The van der Waals surface area contributed by atoms with E-state index in [1.807, 2.05) is 36.7 Å². The highest BCUT2D eigenvalue weighted by atomic mass is 32.1. The Kier molecular flexibility index (Phi) is 6.41. The van der Waals surface area contributed by atoms with Crippen LogP contribution in [0.3, 0.4) is 0 Å². The van der Waals surface area contributed by atoms with Gasteiger partial charge in [0, 0.05) is 36.1 Å². The standard InChI is InChI=1S/C30H28N8OS/c1-17(39)25-6-7-26(40-25)29-28-22(8-9-33-29)35-30(36-28)27-21-11-23(34-16-24(21)37-38-27)20-10-19(14-32-15-20)13-31-12-18-4-2-3-5-18/h6-11,14-16,18,31H,2-5,12-13H2,1H3,(H,35,36)(H,37,38). The zero-order valence-electron chi connectivity index (χ0n) is 22.1. The SMILES string of the molecule is CC(=O)c1ccc(-c2nccc3[nH]c(-c4n[nH]c5cnc(-c6cncc(CNCC7CCCC7)c6)cc45)nc23)s1. The molecule has 1 aliphatic carbocycles. The molecule has 6 aromatic rings. The van der Waals surface area contributed by atoms with Crippen molar-refractivity contribution in [3.8, 4) is 33.3 Å². The van der Waals surface area contributed by atoms with Gasteiger partial charge >= 0.3 is 0 Å². The molecule has 3 N–H and O–H groups in total. The van der Waals surface area contributed by atoms with Gasteiger partial charge in [0.15, 0.2) is 11.6 Å². The van der Waals surface area contributed by atoms with Crippen molar-refractivity contribution in [2.45, 2.75) is 39.2 Å². The molecule has 10 heteroatoms. The largest absolute Gasteiger partial charge is 0.336 e. The van der Waals surface area contributed by atoms with Crippen LogP contribution in [0.15, 0.2) is 55.1 Å². The summed E-state index contributed by atoms with van der Waals surface area (Å²) in [7, 11) is 0. The van der Waals surface area contributed by atoms with Crippen molar-refractivity contribution in [1.82, 2.24) is 40.4 Å². The topological polar surface area (TPSA) is 125 Å². The minimum Gasteiger partial charge on any atom is -0.336 e. The van der Waals surface area contributed by atoms with Crippen molar-refractivity contribution < 1.29 is 4.79 Å². The fourth-order valence-electron chi connectivity index (χ4n) is 5.50. The predicted molar refractivity (Wildman–Crippen MR) is 157 cm³/mol. The van der Waals surface area contributed by atoms with Gasteiger partial charge in [0.1, 0.15) is 16.9 Å². The summed E-state index contributed by atoms with van der Waals surface area (Å²) in [5, 5.41) is 12.2. The Morgan fingerprint density at radius 2 is 1.95 bits per heavy atom. The lowest BCUT2D eigenvalue weighted by molar-refractivity contribution is 0.102. The van der Waals surface area contributed by atoms with Gasteiger partial charge < -0.3 is 10.3 Å². The molecular formula is C30H28N8OS. The first-order chi connectivity index (χ1) is 19.6. The molecule has 6 heterocycles. The second kappa shape index (κ2) is 10.4. The second-order valence-corrected chi connectivity index (χ2v) is 11.5. The maximum atomic E-state index is 11.8. The van der Waals surface area contributed by atoms with Crippen molar-refractivity contribution in [1.29, 1.82) is 0 Å². The number of pyridine rings is 3. The van der Waals surface area contributed by atoms with Crippen molar-refractivity contribution in [2.24, 2.45) is 5.92 Å². The first-order valence-corrected chi connectivity index (χ1v) is 14.4. The maximum Gasteiger partial charge on any atom is 0.169 e. The zero-order valence-corrected chi connectivity index (χ0v) is 22.9. The molecule has 0 aromatic carbocycles. The monoisotopic (exact) mass is 548 g/mol. The highest BCUT2D eigenvalue weighted by molar-refractivity contribution is 7.17. The number of nitrogens with one attached hydrogen (secondary N) is 3. The number of H-pyrrole nitrogens is 2. The summed E-state index contributed by atoms with van der Waals surface area (Å²) < 4.78 is 0. The first-order valence-electron chi connectivity index (χ1n) is 13.6. The number of aromatic nitrogens is 7. The van der Waals surface area contributed by atoms with Gasteiger partial charge in [-0.25, -0.2) is 4.98 Å². The van der Waals surface area contributed by atoms with Crippen molar-refractivity contribution in [2.75, 3.05) is 6.54 Å². The van der Waals surface area contributed by atoms with Gasteiger partial charge in [0.05, 0.1) is 32.7 Å². The smallest absolute Gasteiger partial charge is 0.169 e. The Hall–Kier alpha value is -4.28. The molecule has 9 nitrogen and oxygen atoms in total. The number of carbonyl (C=O) groups excluding carboxylic acids is 1. The Morgan fingerprint density at radius 3 is 2.80 bits per heavy atom. The van der Waals surface area contributed by atoms with Crippen LogP contribution in [-0.4, -0.2) is 47.4 Å². The van der Waals surface area contributed by atoms with Gasteiger partial charge in [-0.3, -0.25) is 24.8 Å². The predicted octanol–water partition coefficient (Wildman–Crippen LogP) is 6.17. The number of ketones is 1. The summed E-state index contributed by atoms with van der Waals surface area (Å²) >= 11 is 1.42. The Morgan fingerprint density at radius 1 is 1.05 bits per heavy atom. The molecule has 0 aliphatic heterocycles. The molecule has 0 unspecified atom stereocenters. The average Bonchev–Trinajstić information content (AvgIpc) is 3.78. The van der Waals surface area contributed by atoms with Crippen LogP contribution in [0.2, 0.25) is 0 Å².